The Hall–Kier alpha value is -0.780. The lowest BCUT2D eigenvalue weighted by molar-refractivity contribution is -0.122. The van der Waals surface area contributed by atoms with Gasteiger partial charge >= 0.3 is 0 Å². The fraction of sp³-hybridized carbons (Fsp3) is 0.417. The van der Waals surface area contributed by atoms with Crippen molar-refractivity contribution in [3.8, 4) is 5.75 Å². The molecule has 1 amide bonds. The number of ether oxygens (including phenoxy) is 1. The molecule has 0 aromatic heterocycles. The van der Waals surface area contributed by atoms with Crippen LogP contribution in [0, 0.1) is 0 Å². The summed E-state index contributed by atoms with van der Waals surface area (Å²) in [7, 11) is 0. The van der Waals surface area contributed by atoms with E-state index in [2.05, 4.69) is 21.2 Å². The van der Waals surface area contributed by atoms with Crippen molar-refractivity contribution in [3.63, 3.8) is 0 Å². The Bertz CT molecular complexity index is 388. The number of halogens is 2. The molecule has 0 radical (unpaired) electrons. The second kappa shape index (κ2) is 8.34. The molecular weight excluding hydrogens is 320 g/mol. The number of rotatable bonds is 5. The van der Waals surface area contributed by atoms with Crippen molar-refractivity contribution in [3.05, 3.63) is 28.7 Å². The molecule has 0 saturated carbocycles. The zero-order valence-corrected chi connectivity index (χ0v) is 12.8. The van der Waals surface area contributed by atoms with E-state index in [4.69, 9.17) is 10.5 Å². The van der Waals surface area contributed by atoms with Gasteiger partial charge in [0, 0.05) is 4.47 Å². The SMILES string of the molecule is CC(CNC(=O)[C@H](C)N)Oc1cccc(Br)c1.Cl. The molecule has 1 unspecified atom stereocenters. The summed E-state index contributed by atoms with van der Waals surface area (Å²) < 4.78 is 6.60. The molecule has 2 atom stereocenters. The van der Waals surface area contributed by atoms with Crippen molar-refractivity contribution >= 4 is 34.2 Å². The fourth-order valence-electron chi connectivity index (χ4n) is 1.22. The molecule has 18 heavy (non-hydrogen) atoms. The lowest BCUT2D eigenvalue weighted by atomic mass is 10.3. The number of nitrogens with one attached hydrogen (secondary N) is 1. The first-order chi connectivity index (χ1) is 7.99. The van der Waals surface area contributed by atoms with Gasteiger partial charge in [0.05, 0.1) is 12.6 Å². The lowest BCUT2D eigenvalue weighted by Crippen LogP contribution is -2.42. The number of nitrogens with two attached hydrogens (primary N) is 1. The third-order valence-electron chi connectivity index (χ3n) is 2.11. The van der Waals surface area contributed by atoms with Gasteiger partial charge in [0.25, 0.3) is 0 Å². The number of carbonyl (C=O) groups excluding carboxylic acids is 1. The summed E-state index contributed by atoms with van der Waals surface area (Å²) in [6, 6.07) is 7.08. The zero-order valence-electron chi connectivity index (χ0n) is 10.4. The molecule has 3 N–H and O–H groups in total. The molecule has 0 aliphatic heterocycles. The van der Waals surface area contributed by atoms with Gasteiger partial charge in [-0.3, -0.25) is 4.79 Å². The van der Waals surface area contributed by atoms with Gasteiger partial charge < -0.3 is 15.8 Å². The third-order valence-corrected chi connectivity index (χ3v) is 2.60. The highest BCUT2D eigenvalue weighted by Crippen LogP contribution is 2.18. The van der Waals surface area contributed by atoms with E-state index in [-0.39, 0.29) is 24.4 Å². The highest BCUT2D eigenvalue weighted by Gasteiger charge is 2.09. The van der Waals surface area contributed by atoms with Crippen molar-refractivity contribution < 1.29 is 9.53 Å². The van der Waals surface area contributed by atoms with Crippen molar-refractivity contribution in [1.29, 1.82) is 0 Å². The van der Waals surface area contributed by atoms with E-state index in [0.29, 0.717) is 6.54 Å². The summed E-state index contributed by atoms with van der Waals surface area (Å²) in [5, 5.41) is 2.72. The molecule has 0 saturated heterocycles. The van der Waals surface area contributed by atoms with E-state index < -0.39 is 6.04 Å². The standard InChI is InChI=1S/C12H17BrN2O2.ClH/c1-8(7-15-12(16)9(2)14)17-11-5-3-4-10(13)6-11;/h3-6,8-9H,7,14H2,1-2H3,(H,15,16);1H/t8?,9-;/m0./s1. The first-order valence-corrected chi connectivity index (χ1v) is 6.24. The van der Waals surface area contributed by atoms with E-state index in [0.717, 1.165) is 10.2 Å². The van der Waals surface area contributed by atoms with Crippen LogP contribution < -0.4 is 15.8 Å². The lowest BCUT2D eigenvalue weighted by Gasteiger charge is -2.16. The first-order valence-electron chi connectivity index (χ1n) is 5.44. The first kappa shape index (κ1) is 17.2. The van der Waals surface area contributed by atoms with Crippen LogP contribution in [0.15, 0.2) is 28.7 Å². The Balaban J connectivity index is 0.00000289. The minimum absolute atomic E-state index is 0. The Morgan fingerprint density at radius 2 is 2.17 bits per heavy atom. The topological polar surface area (TPSA) is 64.4 Å². The molecule has 1 rings (SSSR count). The highest BCUT2D eigenvalue weighted by atomic mass is 79.9. The fourth-order valence-corrected chi connectivity index (χ4v) is 1.60. The average molecular weight is 338 g/mol. The van der Waals surface area contributed by atoms with Crippen molar-refractivity contribution in [1.82, 2.24) is 5.32 Å². The Labute approximate surface area is 122 Å². The smallest absolute Gasteiger partial charge is 0.236 e. The van der Waals surface area contributed by atoms with Crippen LogP contribution in [-0.4, -0.2) is 24.6 Å². The van der Waals surface area contributed by atoms with E-state index >= 15 is 0 Å². The summed E-state index contributed by atoms with van der Waals surface area (Å²) in [4.78, 5) is 11.3. The predicted octanol–water partition coefficient (Wildman–Crippen LogP) is 2.10. The monoisotopic (exact) mass is 336 g/mol. The number of carbonyl (C=O) groups is 1. The van der Waals surface area contributed by atoms with E-state index in [1.807, 2.05) is 31.2 Å². The molecule has 6 heteroatoms. The van der Waals surface area contributed by atoms with Gasteiger partial charge in [-0.2, -0.15) is 0 Å². The third kappa shape index (κ3) is 6.23. The van der Waals surface area contributed by atoms with Gasteiger partial charge in [-0.05, 0) is 32.0 Å². The van der Waals surface area contributed by atoms with Crippen molar-refractivity contribution in [2.45, 2.75) is 26.0 Å². The van der Waals surface area contributed by atoms with Crippen LogP contribution in [0.1, 0.15) is 13.8 Å². The van der Waals surface area contributed by atoms with Crippen LogP contribution in [0.2, 0.25) is 0 Å². The molecule has 4 nitrogen and oxygen atoms in total. The van der Waals surface area contributed by atoms with E-state index in [1.165, 1.54) is 0 Å². The number of amides is 1. The molecule has 0 spiro atoms. The van der Waals surface area contributed by atoms with Crippen LogP contribution >= 0.6 is 28.3 Å². The van der Waals surface area contributed by atoms with Crippen molar-refractivity contribution in [2.24, 2.45) is 5.73 Å². The van der Waals surface area contributed by atoms with Gasteiger partial charge in [-0.1, -0.05) is 22.0 Å². The maximum Gasteiger partial charge on any atom is 0.236 e. The highest BCUT2D eigenvalue weighted by molar-refractivity contribution is 9.10. The largest absolute Gasteiger partial charge is 0.489 e. The Kier molecular flexibility index (Phi) is 7.98. The minimum atomic E-state index is -0.493. The number of hydrogen-bond donors (Lipinski definition) is 2. The summed E-state index contributed by atoms with van der Waals surface area (Å²) in [5.74, 6) is 0.594. The van der Waals surface area contributed by atoms with Crippen LogP contribution in [0.5, 0.6) is 5.75 Å². The summed E-state index contributed by atoms with van der Waals surface area (Å²) in [6.07, 6.45) is -0.105. The van der Waals surface area contributed by atoms with Crippen molar-refractivity contribution in [2.75, 3.05) is 6.54 Å². The van der Waals surface area contributed by atoms with E-state index in [1.54, 1.807) is 6.92 Å². The molecule has 1 aromatic rings. The van der Waals surface area contributed by atoms with E-state index in [9.17, 15) is 4.79 Å². The summed E-state index contributed by atoms with van der Waals surface area (Å²) in [5.41, 5.74) is 5.44. The second-order valence-electron chi connectivity index (χ2n) is 3.92. The predicted molar refractivity (Wildman–Crippen MR) is 78.1 cm³/mol. The van der Waals surface area contributed by atoms with Gasteiger partial charge in [-0.15, -0.1) is 12.4 Å². The second-order valence-corrected chi connectivity index (χ2v) is 4.84. The number of benzene rings is 1. The van der Waals surface area contributed by atoms with Crippen LogP contribution in [-0.2, 0) is 4.79 Å². The molecule has 0 fully saturated rings. The van der Waals surface area contributed by atoms with Crippen LogP contribution in [0.4, 0.5) is 0 Å². The Morgan fingerprint density at radius 1 is 1.50 bits per heavy atom. The molecule has 0 aliphatic rings. The zero-order chi connectivity index (χ0) is 12.8. The van der Waals surface area contributed by atoms with Gasteiger partial charge in [0.15, 0.2) is 0 Å². The normalized spacial score (nSPS) is 13.1. The minimum Gasteiger partial charge on any atom is -0.489 e. The van der Waals surface area contributed by atoms with Crippen LogP contribution in [0.3, 0.4) is 0 Å². The average Bonchev–Trinajstić information content (AvgIpc) is 2.25. The quantitative estimate of drug-likeness (QED) is 0.865. The van der Waals surface area contributed by atoms with Gasteiger partial charge in [0.1, 0.15) is 11.9 Å². The molecule has 0 bridgehead atoms. The summed E-state index contributed by atoms with van der Waals surface area (Å²) in [6.45, 7) is 3.98. The molecule has 102 valence electrons. The molecular formula is C12H18BrClN2O2. The maximum atomic E-state index is 11.3. The van der Waals surface area contributed by atoms with Gasteiger partial charge in [0.2, 0.25) is 5.91 Å². The molecule has 1 aromatic carbocycles. The molecule has 0 heterocycles. The number of hydrogen-bond acceptors (Lipinski definition) is 3. The van der Waals surface area contributed by atoms with Crippen LogP contribution in [0.25, 0.3) is 0 Å². The maximum absolute atomic E-state index is 11.3. The Morgan fingerprint density at radius 3 is 2.72 bits per heavy atom. The molecule has 0 aliphatic carbocycles. The van der Waals surface area contributed by atoms with Gasteiger partial charge in [-0.25, -0.2) is 0 Å². The summed E-state index contributed by atoms with van der Waals surface area (Å²) >= 11 is 3.37.